The van der Waals surface area contributed by atoms with Crippen molar-refractivity contribution in [2.45, 2.75) is 40.8 Å². The van der Waals surface area contributed by atoms with Gasteiger partial charge in [0.1, 0.15) is 0 Å². The summed E-state index contributed by atoms with van der Waals surface area (Å²) < 4.78 is 0.741. The number of anilines is 1. The molecular weight excluding hydrogens is 410 g/mol. The van der Waals surface area contributed by atoms with E-state index >= 15 is 0 Å². The normalized spacial score (nSPS) is 14.1. The Labute approximate surface area is 175 Å². The summed E-state index contributed by atoms with van der Waals surface area (Å²) in [5, 5.41) is 15.6. The maximum absolute atomic E-state index is 12.8. The Balaban J connectivity index is 1.56. The molecule has 0 aliphatic heterocycles. The third-order valence-corrected chi connectivity index (χ3v) is 6.71. The van der Waals surface area contributed by atoms with Crippen molar-refractivity contribution < 1.29 is 9.72 Å². The molecule has 2 aromatic heterocycles. The number of non-ortho nitro benzene ring substituents is 1. The van der Waals surface area contributed by atoms with Crippen LogP contribution in [0.25, 0.3) is 0 Å². The molecule has 0 bridgehead atoms. The second kappa shape index (κ2) is 8.66. The molecular formula is C19H17N5O3S2. The van der Waals surface area contributed by atoms with E-state index in [4.69, 9.17) is 0 Å². The zero-order valence-electron chi connectivity index (χ0n) is 15.3. The molecule has 0 spiro atoms. The van der Waals surface area contributed by atoms with Crippen molar-refractivity contribution >= 4 is 40.6 Å². The third kappa shape index (κ3) is 4.60. The van der Waals surface area contributed by atoms with E-state index in [9.17, 15) is 14.9 Å². The van der Waals surface area contributed by atoms with E-state index in [0.29, 0.717) is 10.8 Å². The van der Waals surface area contributed by atoms with Crippen LogP contribution in [-0.4, -0.2) is 25.8 Å². The molecule has 1 aromatic carbocycles. The number of rotatable bonds is 6. The number of benzene rings is 1. The van der Waals surface area contributed by atoms with Gasteiger partial charge in [0.15, 0.2) is 4.34 Å². The van der Waals surface area contributed by atoms with Crippen molar-refractivity contribution in [1.82, 2.24) is 15.0 Å². The molecule has 2 heterocycles. The Kier molecular flexibility index (Phi) is 5.81. The van der Waals surface area contributed by atoms with E-state index in [0.717, 1.165) is 22.7 Å². The molecule has 1 aliphatic rings. The first kappa shape index (κ1) is 19.5. The van der Waals surface area contributed by atoms with E-state index in [1.165, 1.54) is 48.1 Å². The highest BCUT2D eigenvalue weighted by Gasteiger charge is 2.20. The number of aromatic nitrogens is 3. The van der Waals surface area contributed by atoms with Gasteiger partial charge >= 0.3 is 0 Å². The van der Waals surface area contributed by atoms with Gasteiger partial charge < -0.3 is 0 Å². The Hall–Kier alpha value is -2.85. The largest absolute Gasteiger partial charge is 0.290 e. The van der Waals surface area contributed by atoms with Crippen molar-refractivity contribution in [2.24, 2.45) is 0 Å². The summed E-state index contributed by atoms with van der Waals surface area (Å²) in [5.74, 6) is 0.160. The summed E-state index contributed by atoms with van der Waals surface area (Å²) in [4.78, 5) is 36.7. The van der Waals surface area contributed by atoms with Gasteiger partial charge in [0.05, 0.1) is 10.5 Å². The molecule has 1 fully saturated rings. The highest BCUT2D eigenvalue weighted by molar-refractivity contribution is 8.01. The SMILES string of the molecule is O=C(Nc1ncc(C2CCCC2)cn1)c1cc([N+](=O)[O-])ccc1Sc1nccs1. The molecule has 3 aromatic rings. The molecule has 148 valence electrons. The zero-order chi connectivity index (χ0) is 20.2. The van der Waals surface area contributed by atoms with E-state index in [2.05, 4.69) is 20.3 Å². The molecule has 4 rings (SSSR count). The highest BCUT2D eigenvalue weighted by Crippen LogP contribution is 2.35. The first-order valence-corrected chi connectivity index (χ1v) is 10.8. The predicted octanol–water partition coefficient (Wildman–Crippen LogP) is 4.90. The Morgan fingerprint density at radius 2 is 1.97 bits per heavy atom. The summed E-state index contributed by atoms with van der Waals surface area (Å²) in [6.45, 7) is 0. The minimum Gasteiger partial charge on any atom is -0.290 e. The van der Waals surface area contributed by atoms with Gasteiger partial charge in [0, 0.05) is 41.0 Å². The Morgan fingerprint density at radius 3 is 2.62 bits per heavy atom. The smallest absolute Gasteiger partial charge is 0.270 e. The number of thiazole rings is 1. The van der Waals surface area contributed by atoms with Crippen LogP contribution in [0.1, 0.15) is 47.5 Å². The average Bonchev–Trinajstić information content (AvgIpc) is 3.43. The van der Waals surface area contributed by atoms with Gasteiger partial charge in [-0.25, -0.2) is 15.0 Å². The van der Waals surface area contributed by atoms with Gasteiger partial charge in [-0.2, -0.15) is 0 Å². The molecule has 0 atom stereocenters. The number of hydrogen-bond donors (Lipinski definition) is 1. The second-order valence-corrected chi connectivity index (χ2v) is 8.80. The first-order valence-electron chi connectivity index (χ1n) is 9.09. The van der Waals surface area contributed by atoms with Crippen LogP contribution in [0.4, 0.5) is 11.6 Å². The van der Waals surface area contributed by atoms with E-state index in [1.807, 2.05) is 5.38 Å². The number of nitro benzene ring substituents is 1. The van der Waals surface area contributed by atoms with Crippen LogP contribution in [0, 0.1) is 10.1 Å². The monoisotopic (exact) mass is 427 g/mol. The number of nitro groups is 1. The average molecular weight is 428 g/mol. The van der Waals surface area contributed by atoms with Crippen molar-refractivity contribution in [2.75, 3.05) is 5.32 Å². The topological polar surface area (TPSA) is 111 Å². The summed E-state index contributed by atoms with van der Waals surface area (Å²) in [7, 11) is 0. The lowest BCUT2D eigenvalue weighted by atomic mass is 10.0. The van der Waals surface area contributed by atoms with Crippen molar-refractivity contribution in [3.63, 3.8) is 0 Å². The van der Waals surface area contributed by atoms with E-state index in [1.54, 1.807) is 24.7 Å². The molecule has 1 saturated carbocycles. The molecule has 0 saturated heterocycles. The number of nitrogens with one attached hydrogen (secondary N) is 1. The van der Waals surface area contributed by atoms with Crippen molar-refractivity contribution in [1.29, 1.82) is 0 Å². The van der Waals surface area contributed by atoms with Gasteiger partial charge in [-0.15, -0.1) is 11.3 Å². The third-order valence-electron chi connectivity index (χ3n) is 4.75. The van der Waals surface area contributed by atoms with Crippen LogP contribution in [0.2, 0.25) is 0 Å². The summed E-state index contributed by atoms with van der Waals surface area (Å²) in [5.41, 5.74) is 1.11. The molecule has 1 amide bonds. The lowest BCUT2D eigenvalue weighted by Crippen LogP contribution is -2.15. The van der Waals surface area contributed by atoms with E-state index in [-0.39, 0.29) is 17.2 Å². The van der Waals surface area contributed by atoms with Gasteiger partial charge in [0.25, 0.3) is 11.6 Å². The van der Waals surface area contributed by atoms with Crippen LogP contribution < -0.4 is 5.32 Å². The zero-order valence-corrected chi connectivity index (χ0v) is 16.9. The minimum absolute atomic E-state index is 0.156. The number of amides is 1. The molecule has 8 nitrogen and oxygen atoms in total. The lowest BCUT2D eigenvalue weighted by Gasteiger charge is -2.10. The maximum atomic E-state index is 12.8. The fraction of sp³-hybridized carbons (Fsp3) is 0.263. The van der Waals surface area contributed by atoms with Crippen LogP contribution in [0.15, 0.2) is 51.4 Å². The Bertz CT molecular complexity index is 1020. The van der Waals surface area contributed by atoms with Crippen LogP contribution >= 0.6 is 23.1 Å². The quantitative estimate of drug-likeness (QED) is 0.440. The van der Waals surface area contributed by atoms with Gasteiger partial charge in [0.2, 0.25) is 5.95 Å². The summed E-state index contributed by atoms with van der Waals surface area (Å²) in [6.07, 6.45) is 9.87. The predicted molar refractivity (Wildman–Crippen MR) is 111 cm³/mol. The van der Waals surface area contributed by atoms with Gasteiger partial charge in [-0.05, 0) is 30.4 Å². The number of hydrogen-bond acceptors (Lipinski definition) is 8. The molecule has 0 unspecified atom stereocenters. The summed E-state index contributed by atoms with van der Waals surface area (Å²) >= 11 is 2.71. The van der Waals surface area contributed by atoms with Crippen LogP contribution in [0.5, 0.6) is 0 Å². The molecule has 1 N–H and O–H groups in total. The lowest BCUT2D eigenvalue weighted by molar-refractivity contribution is -0.384. The molecule has 1 aliphatic carbocycles. The Morgan fingerprint density at radius 1 is 1.21 bits per heavy atom. The number of carbonyl (C=O) groups excluding carboxylic acids is 1. The van der Waals surface area contributed by atoms with Crippen LogP contribution in [0.3, 0.4) is 0 Å². The van der Waals surface area contributed by atoms with Gasteiger partial charge in [-0.1, -0.05) is 24.6 Å². The highest BCUT2D eigenvalue weighted by atomic mass is 32.2. The van der Waals surface area contributed by atoms with E-state index < -0.39 is 10.8 Å². The summed E-state index contributed by atoms with van der Waals surface area (Å²) in [6, 6.07) is 4.20. The molecule has 10 heteroatoms. The van der Waals surface area contributed by atoms with Gasteiger partial charge in [-0.3, -0.25) is 20.2 Å². The van der Waals surface area contributed by atoms with Crippen molar-refractivity contribution in [3.05, 3.63) is 63.4 Å². The number of nitrogens with zero attached hydrogens (tertiary/aromatic N) is 4. The minimum atomic E-state index is -0.526. The fourth-order valence-electron chi connectivity index (χ4n) is 3.29. The first-order chi connectivity index (χ1) is 14.1. The van der Waals surface area contributed by atoms with Crippen LogP contribution in [-0.2, 0) is 0 Å². The number of carbonyl (C=O) groups is 1. The fourth-order valence-corrected chi connectivity index (χ4v) is 4.98. The maximum Gasteiger partial charge on any atom is 0.270 e. The molecule has 0 radical (unpaired) electrons. The second-order valence-electron chi connectivity index (χ2n) is 6.61. The van der Waals surface area contributed by atoms with Crippen molar-refractivity contribution in [3.8, 4) is 0 Å². The standard InChI is InChI=1S/C19H17N5O3S2/c25-17(23-18-21-10-13(11-22-18)12-3-1-2-4-12)15-9-14(24(26)27)5-6-16(15)29-19-20-7-8-28-19/h5-12H,1-4H2,(H,21,22,23,25). The molecule has 29 heavy (non-hydrogen) atoms.